The molecule has 170 valence electrons. The second-order valence-corrected chi connectivity index (χ2v) is 10.5. The second-order valence-electron chi connectivity index (χ2n) is 10.5. The standard InChI is InChI=1S/C25H37N3O3/c1-26(2)24(21-6-4-3-5-7-21)12-10-23(11-13-24)19-28(25(30)14-16-31-17-15-25)22(29)27(23)18-20-8-9-20/h3-7,20,30H,8-19H2,1-2H3. The monoisotopic (exact) mass is 427 g/mol. The lowest BCUT2D eigenvalue weighted by Crippen LogP contribution is -2.56. The molecule has 1 aromatic rings. The zero-order valence-corrected chi connectivity index (χ0v) is 19.1. The average Bonchev–Trinajstić information content (AvgIpc) is 3.57. The molecule has 1 N–H and O–H groups in total. The fourth-order valence-corrected chi connectivity index (χ4v) is 6.22. The molecular formula is C25H37N3O3. The summed E-state index contributed by atoms with van der Waals surface area (Å²) in [4.78, 5) is 20.0. The molecule has 6 heteroatoms. The second kappa shape index (κ2) is 7.75. The van der Waals surface area contributed by atoms with E-state index in [-0.39, 0.29) is 17.1 Å². The van der Waals surface area contributed by atoms with E-state index < -0.39 is 5.72 Å². The van der Waals surface area contributed by atoms with E-state index in [0.717, 1.165) is 32.2 Å². The summed E-state index contributed by atoms with van der Waals surface area (Å²) in [6.45, 7) is 2.54. The molecule has 1 spiro atoms. The van der Waals surface area contributed by atoms with Crippen LogP contribution in [0.15, 0.2) is 30.3 Å². The van der Waals surface area contributed by atoms with Gasteiger partial charge in [-0.1, -0.05) is 30.3 Å². The molecule has 2 aliphatic carbocycles. The Morgan fingerprint density at radius 3 is 2.26 bits per heavy atom. The van der Waals surface area contributed by atoms with E-state index in [0.29, 0.717) is 38.5 Å². The molecule has 0 bridgehead atoms. The summed E-state index contributed by atoms with van der Waals surface area (Å²) < 4.78 is 5.48. The van der Waals surface area contributed by atoms with Crippen LogP contribution < -0.4 is 0 Å². The fourth-order valence-electron chi connectivity index (χ4n) is 6.22. The quantitative estimate of drug-likeness (QED) is 0.783. The first-order chi connectivity index (χ1) is 14.9. The first-order valence-electron chi connectivity index (χ1n) is 12.0. The first-order valence-corrected chi connectivity index (χ1v) is 12.0. The third-order valence-electron chi connectivity index (χ3n) is 8.60. The predicted molar refractivity (Wildman–Crippen MR) is 120 cm³/mol. The molecule has 0 aromatic heterocycles. The Balaban J connectivity index is 1.43. The summed E-state index contributed by atoms with van der Waals surface area (Å²) >= 11 is 0. The van der Waals surface area contributed by atoms with E-state index in [2.05, 4.69) is 54.2 Å². The topological polar surface area (TPSA) is 56.2 Å². The average molecular weight is 428 g/mol. The number of ether oxygens (including phenoxy) is 1. The lowest BCUT2D eigenvalue weighted by Gasteiger charge is -2.51. The summed E-state index contributed by atoms with van der Waals surface area (Å²) in [6.07, 6.45) is 7.47. The van der Waals surface area contributed by atoms with E-state index in [1.165, 1.54) is 18.4 Å². The highest BCUT2D eigenvalue weighted by atomic mass is 16.5. The van der Waals surface area contributed by atoms with Gasteiger partial charge in [-0.05, 0) is 64.1 Å². The van der Waals surface area contributed by atoms with Gasteiger partial charge in [0, 0.05) is 31.5 Å². The van der Waals surface area contributed by atoms with Crippen molar-refractivity contribution in [2.45, 2.75) is 68.2 Å². The number of aliphatic hydroxyl groups is 1. The van der Waals surface area contributed by atoms with E-state index in [9.17, 15) is 9.90 Å². The van der Waals surface area contributed by atoms with Gasteiger partial charge in [0.05, 0.1) is 18.8 Å². The number of benzene rings is 1. The van der Waals surface area contributed by atoms with Crippen LogP contribution in [-0.2, 0) is 10.3 Å². The summed E-state index contributed by atoms with van der Waals surface area (Å²) in [5, 5.41) is 11.4. The fraction of sp³-hybridized carbons (Fsp3) is 0.720. The van der Waals surface area contributed by atoms with Crippen LogP contribution in [0.4, 0.5) is 4.79 Å². The molecule has 0 atom stereocenters. The van der Waals surface area contributed by atoms with Gasteiger partial charge in [-0.3, -0.25) is 9.80 Å². The van der Waals surface area contributed by atoms with Gasteiger partial charge in [0.15, 0.2) is 0 Å². The lowest BCUT2D eigenvalue weighted by molar-refractivity contribution is -0.140. The van der Waals surface area contributed by atoms with Gasteiger partial charge in [0.25, 0.3) is 0 Å². The van der Waals surface area contributed by atoms with Gasteiger partial charge in [-0.2, -0.15) is 0 Å². The van der Waals surface area contributed by atoms with Crippen molar-refractivity contribution in [2.24, 2.45) is 5.92 Å². The van der Waals surface area contributed by atoms with Crippen LogP contribution in [0, 0.1) is 5.92 Å². The van der Waals surface area contributed by atoms with Crippen LogP contribution >= 0.6 is 0 Å². The highest BCUT2D eigenvalue weighted by Crippen LogP contribution is 2.51. The van der Waals surface area contributed by atoms with E-state index in [1.807, 2.05) is 4.90 Å². The summed E-state index contributed by atoms with van der Waals surface area (Å²) in [5.74, 6) is 0.639. The number of hydrogen-bond donors (Lipinski definition) is 1. The minimum atomic E-state index is -1.06. The number of carbonyl (C=O) groups excluding carboxylic acids is 1. The number of nitrogens with zero attached hydrogens (tertiary/aromatic N) is 3. The highest BCUT2D eigenvalue weighted by Gasteiger charge is 2.58. The smallest absolute Gasteiger partial charge is 0.322 e. The molecule has 2 saturated carbocycles. The molecule has 6 nitrogen and oxygen atoms in total. The van der Waals surface area contributed by atoms with Crippen LogP contribution in [0.2, 0.25) is 0 Å². The van der Waals surface area contributed by atoms with Crippen molar-refractivity contribution < 1.29 is 14.6 Å². The minimum Gasteiger partial charge on any atom is -0.381 e. The maximum Gasteiger partial charge on any atom is 0.322 e. The van der Waals surface area contributed by atoms with Crippen LogP contribution in [-0.4, -0.2) is 77.5 Å². The molecule has 5 rings (SSSR count). The Morgan fingerprint density at radius 1 is 1.03 bits per heavy atom. The van der Waals surface area contributed by atoms with Crippen molar-refractivity contribution in [3.63, 3.8) is 0 Å². The van der Waals surface area contributed by atoms with Crippen molar-refractivity contribution in [1.29, 1.82) is 0 Å². The molecule has 0 radical (unpaired) electrons. The van der Waals surface area contributed by atoms with E-state index >= 15 is 0 Å². The predicted octanol–water partition coefficient (Wildman–Crippen LogP) is 3.40. The van der Waals surface area contributed by atoms with E-state index in [4.69, 9.17) is 4.74 Å². The zero-order chi connectivity index (χ0) is 21.7. The van der Waals surface area contributed by atoms with Gasteiger partial charge in [-0.15, -0.1) is 0 Å². The third-order valence-corrected chi connectivity index (χ3v) is 8.60. The molecule has 0 unspecified atom stereocenters. The Bertz CT molecular complexity index is 793. The number of hydrogen-bond acceptors (Lipinski definition) is 4. The molecule has 31 heavy (non-hydrogen) atoms. The van der Waals surface area contributed by atoms with Crippen molar-refractivity contribution in [2.75, 3.05) is 40.4 Å². The Labute approximate surface area is 186 Å². The molecule has 1 aromatic carbocycles. The highest BCUT2D eigenvalue weighted by molar-refractivity contribution is 5.79. The van der Waals surface area contributed by atoms with Gasteiger partial charge in [0.2, 0.25) is 0 Å². The van der Waals surface area contributed by atoms with E-state index in [1.54, 1.807) is 0 Å². The van der Waals surface area contributed by atoms with Gasteiger partial charge in [0.1, 0.15) is 5.72 Å². The van der Waals surface area contributed by atoms with Crippen LogP contribution in [0.1, 0.15) is 56.9 Å². The normalized spacial score (nSPS) is 33.5. The molecule has 2 heterocycles. The lowest BCUT2D eigenvalue weighted by atomic mass is 9.68. The SMILES string of the molecule is CN(C)C1(c2ccccc2)CCC2(CC1)CN(C1(O)CCOCC1)C(=O)N2CC1CC1. The maximum atomic E-state index is 13.7. The summed E-state index contributed by atoms with van der Waals surface area (Å²) in [5.41, 5.74) is 0.148. The number of urea groups is 1. The van der Waals surface area contributed by atoms with Gasteiger partial charge in [-0.25, -0.2) is 4.79 Å². The molecular weight excluding hydrogens is 390 g/mol. The van der Waals surface area contributed by atoms with Crippen molar-refractivity contribution >= 4 is 6.03 Å². The Kier molecular flexibility index (Phi) is 5.31. The number of rotatable bonds is 5. The van der Waals surface area contributed by atoms with Crippen molar-refractivity contribution in [3.05, 3.63) is 35.9 Å². The minimum absolute atomic E-state index is 0.00378. The molecule has 2 amide bonds. The largest absolute Gasteiger partial charge is 0.381 e. The maximum absolute atomic E-state index is 13.7. The van der Waals surface area contributed by atoms with Crippen LogP contribution in [0.25, 0.3) is 0 Å². The molecule has 2 aliphatic heterocycles. The van der Waals surface area contributed by atoms with Crippen molar-refractivity contribution in [3.8, 4) is 0 Å². The Hall–Kier alpha value is -1.63. The number of amides is 2. The number of carbonyl (C=O) groups is 1. The Morgan fingerprint density at radius 2 is 1.68 bits per heavy atom. The first kappa shape index (κ1) is 21.2. The van der Waals surface area contributed by atoms with Crippen LogP contribution in [0.5, 0.6) is 0 Å². The summed E-state index contributed by atoms with van der Waals surface area (Å²) in [7, 11) is 4.37. The van der Waals surface area contributed by atoms with Gasteiger partial charge >= 0.3 is 6.03 Å². The van der Waals surface area contributed by atoms with Gasteiger partial charge < -0.3 is 14.7 Å². The molecule has 4 aliphatic rings. The van der Waals surface area contributed by atoms with Crippen LogP contribution in [0.3, 0.4) is 0 Å². The molecule has 4 fully saturated rings. The third kappa shape index (κ3) is 3.57. The zero-order valence-electron chi connectivity index (χ0n) is 19.1. The summed E-state index contributed by atoms with van der Waals surface area (Å²) in [6, 6.07) is 10.9. The molecule has 2 saturated heterocycles. The van der Waals surface area contributed by atoms with Crippen molar-refractivity contribution in [1.82, 2.24) is 14.7 Å².